The molecule has 1 heterocycles. The zero-order valence-corrected chi connectivity index (χ0v) is 13.8. The van der Waals surface area contributed by atoms with Gasteiger partial charge in [-0.3, -0.25) is 4.79 Å². The minimum absolute atomic E-state index is 0.288. The number of rotatable bonds is 8. The highest BCUT2D eigenvalue weighted by Gasteiger charge is 2.27. The van der Waals surface area contributed by atoms with Crippen LogP contribution < -0.4 is 11.1 Å². The highest BCUT2D eigenvalue weighted by molar-refractivity contribution is 5.66. The summed E-state index contributed by atoms with van der Waals surface area (Å²) in [5, 5.41) is 12.7. The number of nitrogens with two attached hydrogens (primary N) is 1. The summed E-state index contributed by atoms with van der Waals surface area (Å²) < 4.78 is 0. The molecule has 2 aliphatic rings. The van der Waals surface area contributed by atoms with Crippen molar-refractivity contribution in [1.82, 2.24) is 10.2 Å². The number of carbonyl (C=O) groups is 1. The van der Waals surface area contributed by atoms with Gasteiger partial charge < -0.3 is 21.1 Å². The lowest BCUT2D eigenvalue weighted by molar-refractivity contribution is -0.137. The minimum Gasteiger partial charge on any atom is -0.481 e. The largest absolute Gasteiger partial charge is 0.481 e. The smallest absolute Gasteiger partial charge is 0.303 e. The monoisotopic (exact) mass is 311 g/mol. The third kappa shape index (κ3) is 6.23. The Morgan fingerprint density at radius 1 is 1.18 bits per heavy atom. The summed E-state index contributed by atoms with van der Waals surface area (Å²) in [5.41, 5.74) is 5.71. The second kappa shape index (κ2) is 9.48. The van der Waals surface area contributed by atoms with E-state index in [1.54, 1.807) is 0 Å². The van der Waals surface area contributed by atoms with E-state index in [0.29, 0.717) is 18.5 Å². The van der Waals surface area contributed by atoms with Crippen LogP contribution in [0, 0.1) is 11.8 Å². The first-order valence-electron chi connectivity index (χ1n) is 9.05. The van der Waals surface area contributed by atoms with Crippen LogP contribution in [0.1, 0.15) is 51.4 Å². The van der Waals surface area contributed by atoms with Crippen molar-refractivity contribution in [2.24, 2.45) is 17.6 Å². The lowest BCUT2D eigenvalue weighted by Gasteiger charge is -2.39. The average Bonchev–Trinajstić information content (AvgIpc) is 2.52. The van der Waals surface area contributed by atoms with Crippen molar-refractivity contribution in [3.63, 3.8) is 0 Å². The van der Waals surface area contributed by atoms with Crippen LogP contribution in [0.15, 0.2) is 0 Å². The standard InChI is InChI=1S/C17H33N3O2/c18-8-9-20-12-15(6-7-17(21)22)10-16(13-20)19-11-14-4-2-1-3-5-14/h14-16,19H,1-13,18H2,(H,21,22). The molecule has 22 heavy (non-hydrogen) atoms. The second-order valence-corrected chi connectivity index (χ2v) is 7.19. The quantitative estimate of drug-likeness (QED) is 0.635. The van der Waals surface area contributed by atoms with E-state index >= 15 is 0 Å². The van der Waals surface area contributed by atoms with Crippen molar-refractivity contribution < 1.29 is 9.90 Å². The van der Waals surface area contributed by atoms with Crippen LogP contribution >= 0.6 is 0 Å². The van der Waals surface area contributed by atoms with Crippen molar-refractivity contribution >= 4 is 5.97 Å². The van der Waals surface area contributed by atoms with Gasteiger partial charge in [0.15, 0.2) is 0 Å². The van der Waals surface area contributed by atoms with Gasteiger partial charge >= 0.3 is 5.97 Å². The molecule has 5 heteroatoms. The number of nitrogens with zero attached hydrogens (tertiary/aromatic N) is 1. The van der Waals surface area contributed by atoms with E-state index in [1.807, 2.05) is 0 Å². The normalized spacial score (nSPS) is 27.9. The van der Waals surface area contributed by atoms with Gasteiger partial charge in [-0.25, -0.2) is 0 Å². The van der Waals surface area contributed by atoms with E-state index < -0.39 is 5.97 Å². The van der Waals surface area contributed by atoms with E-state index in [-0.39, 0.29) is 6.42 Å². The molecule has 4 N–H and O–H groups in total. The van der Waals surface area contributed by atoms with Gasteiger partial charge in [-0.15, -0.1) is 0 Å². The predicted octanol–water partition coefficient (Wildman–Crippen LogP) is 1.67. The molecular weight excluding hydrogens is 278 g/mol. The summed E-state index contributed by atoms with van der Waals surface area (Å²) in [7, 11) is 0. The molecule has 2 atom stereocenters. The van der Waals surface area contributed by atoms with E-state index in [2.05, 4.69) is 10.2 Å². The Bertz CT molecular complexity index is 332. The highest BCUT2D eigenvalue weighted by atomic mass is 16.4. The molecular formula is C17H33N3O2. The fourth-order valence-electron chi connectivity index (χ4n) is 4.08. The zero-order chi connectivity index (χ0) is 15.8. The van der Waals surface area contributed by atoms with Crippen LogP contribution in [-0.4, -0.2) is 54.7 Å². The van der Waals surface area contributed by atoms with Crippen LogP contribution in [-0.2, 0) is 4.79 Å². The van der Waals surface area contributed by atoms with E-state index in [4.69, 9.17) is 10.8 Å². The number of likely N-dealkylation sites (tertiary alicyclic amines) is 1. The van der Waals surface area contributed by atoms with Crippen LogP contribution in [0.5, 0.6) is 0 Å². The first kappa shape index (κ1) is 17.7. The molecule has 5 nitrogen and oxygen atoms in total. The fraction of sp³-hybridized carbons (Fsp3) is 0.941. The molecule has 1 saturated carbocycles. The Morgan fingerprint density at radius 2 is 1.95 bits per heavy atom. The molecule has 2 fully saturated rings. The maximum Gasteiger partial charge on any atom is 0.303 e. The summed E-state index contributed by atoms with van der Waals surface area (Å²) in [5.74, 6) is 0.652. The number of piperidine rings is 1. The van der Waals surface area contributed by atoms with Gasteiger partial charge in [0.2, 0.25) is 0 Å². The molecule has 0 aromatic rings. The number of hydrogen-bond donors (Lipinski definition) is 3. The maximum atomic E-state index is 10.8. The topological polar surface area (TPSA) is 78.6 Å². The van der Waals surface area contributed by atoms with Crippen LogP contribution in [0.3, 0.4) is 0 Å². The van der Waals surface area contributed by atoms with Gasteiger partial charge in [-0.05, 0) is 44.1 Å². The van der Waals surface area contributed by atoms with E-state index in [0.717, 1.165) is 44.9 Å². The number of hydrogen-bond acceptors (Lipinski definition) is 4. The molecule has 0 spiro atoms. The Balaban J connectivity index is 1.78. The fourth-order valence-corrected chi connectivity index (χ4v) is 4.08. The van der Waals surface area contributed by atoms with Gasteiger partial charge in [0, 0.05) is 38.6 Å². The molecule has 0 bridgehead atoms. The molecule has 1 aliphatic carbocycles. The first-order chi connectivity index (χ1) is 10.7. The van der Waals surface area contributed by atoms with Gasteiger partial charge in [0.1, 0.15) is 0 Å². The Kier molecular flexibility index (Phi) is 7.63. The average molecular weight is 311 g/mol. The Labute approximate surface area is 134 Å². The van der Waals surface area contributed by atoms with E-state index in [1.165, 1.54) is 32.1 Å². The molecule has 0 amide bonds. The second-order valence-electron chi connectivity index (χ2n) is 7.19. The molecule has 1 saturated heterocycles. The predicted molar refractivity (Wildman–Crippen MR) is 88.8 cm³/mol. The lowest BCUT2D eigenvalue weighted by atomic mass is 9.87. The van der Waals surface area contributed by atoms with Crippen LogP contribution in [0.25, 0.3) is 0 Å². The molecule has 0 radical (unpaired) electrons. The van der Waals surface area contributed by atoms with Crippen molar-refractivity contribution in [2.45, 2.75) is 57.4 Å². The summed E-state index contributed by atoms with van der Waals surface area (Å²) in [6, 6.07) is 0.501. The summed E-state index contributed by atoms with van der Waals surface area (Å²) >= 11 is 0. The first-order valence-corrected chi connectivity index (χ1v) is 9.05. The number of carboxylic acid groups (broad SMARTS) is 1. The molecule has 0 aromatic carbocycles. The number of aliphatic carboxylic acids is 1. The highest BCUT2D eigenvalue weighted by Crippen LogP contribution is 2.25. The third-order valence-electron chi connectivity index (χ3n) is 5.24. The molecule has 1 aliphatic heterocycles. The molecule has 0 aromatic heterocycles. The number of carboxylic acids is 1. The SMILES string of the molecule is NCCN1CC(CCC(=O)O)CC(NCC2CCCCC2)C1. The Morgan fingerprint density at radius 3 is 2.64 bits per heavy atom. The van der Waals surface area contributed by atoms with Crippen molar-refractivity contribution in [3.05, 3.63) is 0 Å². The summed E-state index contributed by atoms with van der Waals surface area (Å²) in [6.07, 6.45) is 9.11. The minimum atomic E-state index is -0.678. The molecule has 2 unspecified atom stereocenters. The van der Waals surface area contributed by atoms with Crippen LogP contribution in [0.2, 0.25) is 0 Å². The van der Waals surface area contributed by atoms with Crippen molar-refractivity contribution in [1.29, 1.82) is 0 Å². The lowest BCUT2D eigenvalue weighted by Crippen LogP contribution is -2.51. The molecule has 128 valence electrons. The van der Waals surface area contributed by atoms with Gasteiger partial charge in [-0.1, -0.05) is 19.3 Å². The Hall–Kier alpha value is -0.650. The number of nitrogens with one attached hydrogen (secondary N) is 1. The summed E-state index contributed by atoms with van der Waals surface area (Å²) in [4.78, 5) is 13.2. The summed E-state index contributed by atoms with van der Waals surface area (Å²) in [6.45, 7) is 4.80. The van der Waals surface area contributed by atoms with Gasteiger partial charge in [0.05, 0.1) is 0 Å². The van der Waals surface area contributed by atoms with Crippen LogP contribution in [0.4, 0.5) is 0 Å². The molecule has 2 rings (SSSR count). The van der Waals surface area contributed by atoms with E-state index in [9.17, 15) is 4.79 Å². The van der Waals surface area contributed by atoms with Crippen molar-refractivity contribution in [3.8, 4) is 0 Å². The van der Waals surface area contributed by atoms with Gasteiger partial charge in [0.25, 0.3) is 0 Å². The third-order valence-corrected chi connectivity index (χ3v) is 5.24. The maximum absolute atomic E-state index is 10.8. The zero-order valence-electron chi connectivity index (χ0n) is 13.8. The van der Waals surface area contributed by atoms with Gasteiger partial charge in [-0.2, -0.15) is 0 Å². The van der Waals surface area contributed by atoms with Crippen molar-refractivity contribution in [2.75, 3.05) is 32.7 Å².